The van der Waals surface area contributed by atoms with Crippen LogP contribution in [0.25, 0.3) is 0 Å². The molecule has 100 valence electrons. The maximum Gasteiger partial charge on any atom is 0.0488 e. The highest BCUT2D eigenvalue weighted by Gasteiger charge is 2.38. The van der Waals surface area contributed by atoms with Crippen molar-refractivity contribution in [3.63, 3.8) is 0 Å². The van der Waals surface area contributed by atoms with Crippen molar-refractivity contribution in [3.8, 4) is 0 Å². The molecule has 0 amide bonds. The molecule has 0 spiro atoms. The van der Waals surface area contributed by atoms with Gasteiger partial charge in [-0.15, -0.1) is 0 Å². The first-order valence-electron chi connectivity index (χ1n) is 6.99. The molecule has 1 fully saturated rings. The summed E-state index contributed by atoms with van der Waals surface area (Å²) in [4.78, 5) is 0. The van der Waals surface area contributed by atoms with E-state index in [0.29, 0.717) is 11.3 Å². The number of rotatable bonds is 6. The molecule has 0 aromatic heterocycles. The monoisotopic (exact) mass is 247 g/mol. The van der Waals surface area contributed by atoms with Gasteiger partial charge in [0.25, 0.3) is 0 Å². The van der Waals surface area contributed by atoms with Crippen LogP contribution in [0.4, 0.5) is 0 Å². The smallest absolute Gasteiger partial charge is 0.0488 e. The zero-order valence-electron chi connectivity index (χ0n) is 11.8. The van der Waals surface area contributed by atoms with Crippen molar-refractivity contribution in [3.05, 3.63) is 35.4 Å². The summed E-state index contributed by atoms with van der Waals surface area (Å²) < 4.78 is 5.76. The topological polar surface area (TPSA) is 21.3 Å². The number of hydrogen-bond donors (Lipinski definition) is 1. The largest absolute Gasteiger partial charge is 0.381 e. The van der Waals surface area contributed by atoms with E-state index < -0.39 is 0 Å². The molecule has 2 heteroatoms. The zero-order chi connectivity index (χ0) is 13.0. The molecule has 0 atom stereocenters. The predicted octanol–water partition coefficient (Wildman–Crippen LogP) is 2.90. The molecule has 0 aliphatic carbocycles. The Balaban J connectivity index is 1.96. The molecule has 2 nitrogen and oxygen atoms in total. The summed E-state index contributed by atoms with van der Waals surface area (Å²) in [5, 5.41) is 3.42. The number of benzene rings is 1. The Morgan fingerprint density at radius 2 is 2.00 bits per heavy atom. The third-order valence-electron chi connectivity index (χ3n) is 3.82. The molecule has 1 heterocycles. The molecule has 0 bridgehead atoms. The van der Waals surface area contributed by atoms with E-state index in [1.54, 1.807) is 0 Å². The molecule has 18 heavy (non-hydrogen) atoms. The first kappa shape index (κ1) is 13.6. The van der Waals surface area contributed by atoms with Gasteiger partial charge in [-0.05, 0) is 30.4 Å². The van der Waals surface area contributed by atoms with Crippen LogP contribution in [0.2, 0.25) is 0 Å². The second-order valence-corrected chi connectivity index (χ2v) is 5.92. The van der Waals surface area contributed by atoms with E-state index in [4.69, 9.17) is 4.74 Å². The fourth-order valence-electron chi connectivity index (χ4n) is 2.68. The van der Waals surface area contributed by atoms with E-state index in [1.807, 2.05) is 0 Å². The van der Waals surface area contributed by atoms with Crippen LogP contribution < -0.4 is 5.32 Å². The number of hydrogen-bond acceptors (Lipinski definition) is 2. The van der Waals surface area contributed by atoms with Crippen molar-refractivity contribution >= 4 is 0 Å². The van der Waals surface area contributed by atoms with Gasteiger partial charge in [0.05, 0.1) is 0 Å². The second kappa shape index (κ2) is 5.85. The lowest BCUT2D eigenvalue weighted by Crippen LogP contribution is -2.57. The first-order valence-corrected chi connectivity index (χ1v) is 6.99. The second-order valence-electron chi connectivity index (χ2n) is 5.92. The van der Waals surface area contributed by atoms with Gasteiger partial charge >= 0.3 is 0 Å². The van der Waals surface area contributed by atoms with Crippen LogP contribution in [0.15, 0.2) is 24.3 Å². The van der Waals surface area contributed by atoms with Gasteiger partial charge < -0.3 is 10.1 Å². The summed E-state index contributed by atoms with van der Waals surface area (Å²) >= 11 is 0. The van der Waals surface area contributed by atoms with Crippen molar-refractivity contribution < 1.29 is 4.74 Å². The van der Waals surface area contributed by atoms with E-state index in [2.05, 4.69) is 50.4 Å². The molecule has 1 N–H and O–H groups in total. The molecule has 1 aromatic rings. The van der Waals surface area contributed by atoms with Crippen LogP contribution in [0.3, 0.4) is 0 Å². The average Bonchev–Trinajstić information content (AvgIpc) is 2.28. The molecular formula is C16H25NO. The lowest BCUT2D eigenvalue weighted by molar-refractivity contribution is 0.0815. The molecule has 1 aromatic carbocycles. The quantitative estimate of drug-likeness (QED) is 0.780. The highest BCUT2D eigenvalue weighted by atomic mass is 16.5. The SMILES string of the molecule is Cc1ccccc1C1(CCOCC(C)C)CNC1. The normalized spacial score (nSPS) is 17.8. The Labute approximate surface area is 111 Å². The first-order chi connectivity index (χ1) is 8.64. The maximum absolute atomic E-state index is 5.76. The van der Waals surface area contributed by atoms with Crippen molar-refractivity contribution in [1.29, 1.82) is 0 Å². The lowest BCUT2D eigenvalue weighted by Gasteiger charge is -2.44. The molecule has 2 rings (SSSR count). The maximum atomic E-state index is 5.76. The molecule has 1 saturated heterocycles. The van der Waals surface area contributed by atoms with E-state index >= 15 is 0 Å². The number of nitrogens with one attached hydrogen (secondary N) is 1. The van der Waals surface area contributed by atoms with Gasteiger partial charge in [0.1, 0.15) is 0 Å². The van der Waals surface area contributed by atoms with Crippen molar-refractivity contribution in [2.45, 2.75) is 32.6 Å². The standard InChI is InChI=1S/C16H25NO/c1-13(2)10-18-9-8-16(11-17-12-16)15-7-5-4-6-14(15)3/h4-7,13,17H,8-12H2,1-3H3. The molecule has 1 aliphatic heterocycles. The van der Waals surface area contributed by atoms with Crippen LogP contribution >= 0.6 is 0 Å². The summed E-state index contributed by atoms with van der Waals surface area (Å²) in [6, 6.07) is 8.76. The van der Waals surface area contributed by atoms with Crippen LogP contribution in [0, 0.1) is 12.8 Å². The third kappa shape index (κ3) is 2.93. The Bertz CT molecular complexity index is 382. The van der Waals surface area contributed by atoms with Gasteiger partial charge in [0.15, 0.2) is 0 Å². The van der Waals surface area contributed by atoms with E-state index in [-0.39, 0.29) is 0 Å². The van der Waals surface area contributed by atoms with E-state index in [0.717, 1.165) is 32.7 Å². The highest BCUT2D eigenvalue weighted by molar-refractivity contribution is 5.36. The molecule has 0 saturated carbocycles. The Morgan fingerprint density at radius 3 is 2.56 bits per heavy atom. The van der Waals surface area contributed by atoms with Crippen LogP contribution in [-0.2, 0) is 10.2 Å². The van der Waals surface area contributed by atoms with Gasteiger partial charge in [-0.1, -0.05) is 38.1 Å². The minimum absolute atomic E-state index is 0.308. The minimum atomic E-state index is 0.308. The Kier molecular flexibility index (Phi) is 4.41. The predicted molar refractivity (Wildman–Crippen MR) is 76.0 cm³/mol. The molecule has 0 unspecified atom stereocenters. The Hall–Kier alpha value is -0.860. The summed E-state index contributed by atoms with van der Waals surface area (Å²) in [6.45, 7) is 10.5. The summed E-state index contributed by atoms with van der Waals surface area (Å²) in [6.07, 6.45) is 1.12. The van der Waals surface area contributed by atoms with Gasteiger partial charge in [0.2, 0.25) is 0 Å². The fraction of sp³-hybridized carbons (Fsp3) is 0.625. The third-order valence-corrected chi connectivity index (χ3v) is 3.82. The van der Waals surface area contributed by atoms with Gasteiger partial charge in [-0.2, -0.15) is 0 Å². The number of aryl methyl sites for hydroxylation is 1. The van der Waals surface area contributed by atoms with Crippen LogP contribution in [0.5, 0.6) is 0 Å². The highest BCUT2D eigenvalue weighted by Crippen LogP contribution is 2.34. The molecular weight excluding hydrogens is 222 g/mol. The molecule has 0 radical (unpaired) electrons. The summed E-state index contributed by atoms with van der Waals surface area (Å²) in [7, 11) is 0. The number of ether oxygens (including phenoxy) is 1. The van der Waals surface area contributed by atoms with E-state index in [9.17, 15) is 0 Å². The summed E-state index contributed by atoms with van der Waals surface area (Å²) in [5.41, 5.74) is 3.21. The van der Waals surface area contributed by atoms with Gasteiger partial charge in [0, 0.05) is 31.7 Å². The van der Waals surface area contributed by atoms with Crippen LogP contribution in [0.1, 0.15) is 31.4 Å². The Morgan fingerprint density at radius 1 is 1.28 bits per heavy atom. The van der Waals surface area contributed by atoms with Crippen molar-refractivity contribution in [1.82, 2.24) is 5.32 Å². The lowest BCUT2D eigenvalue weighted by atomic mass is 9.71. The van der Waals surface area contributed by atoms with Crippen molar-refractivity contribution in [2.24, 2.45) is 5.92 Å². The zero-order valence-corrected chi connectivity index (χ0v) is 11.8. The minimum Gasteiger partial charge on any atom is -0.381 e. The molecule has 1 aliphatic rings. The average molecular weight is 247 g/mol. The van der Waals surface area contributed by atoms with Gasteiger partial charge in [-0.3, -0.25) is 0 Å². The summed E-state index contributed by atoms with van der Waals surface area (Å²) in [5.74, 6) is 0.624. The van der Waals surface area contributed by atoms with Crippen molar-refractivity contribution in [2.75, 3.05) is 26.3 Å². The van der Waals surface area contributed by atoms with E-state index in [1.165, 1.54) is 11.1 Å². The fourth-order valence-corrected chi connectivity index (χ4v) is 2.68. The van der Waals surface area contributed by atoms with Crippen LogP contribution in [-0.4, -0.2) is 26.3 Å². The van der Waals surface area contributed by atoms with Gasteiger partial charge in [-0.25, -0.2) is 0 Å².